The third-order valence-corrected chi connectivity index (χ3v) is 5.84. The summed E-state index contributed by atoms with van der Waals surface area (Å²) in [5.74, 6) is 0.961. The average molecular weight is 348 g/mol. The van der Waals surface area contributed by atoms with Gasteiger partial charge in [-0.2, -0.15) is 0 Å². The molecule has 1 aromatic heterocycles. The summed E-state index contributed by atoms with van der Waals surface area (Å²) in [5.41, 5.74) is 4.51. The first kappa shape index (κ1) is 15.9. The Morgan fingerprint density at radius 1 is 0.962 bits per heavy atom. The molecule has 1 aliphatic carbocycles. The maximum absolute atomic E-state index is 10.8. The summed E-state index contributed by atoms with van der Waals surface area (Å²) in [6, 6.07) is 16.7. The van der Waals surface area contributed by atoms with Gasteiger partial charge in [0.05, 0.1) is 17.1 Å². The van der Waals surface area contributed by atoms with E-state index in [1.807, 2.05) is 24.3 Å². The molecule has 1 aliphatic heterocycles. The van der Waals surface area contributed by atoms with Gasteiger partial charge in [-0.15, -0.1) is 0 Å². The molecule has 0 spiro atoms. The first-order chi connectivity index (χ1) is 12.8. The van der Waals surface area contributed by atoms with Gasteiger partial charge in [0, 0.05) is 32.2 Å². The van der Waals surface area contributed by atoms with E-state index in [4.69, 9.17) is 4.98 Å². The number of hydrogen-bond donors (Lipinski definition) is 2. The Balaban J connectivity index is 1.32. The lowest BCUT2D eigenvalue weighted by atomic mass is 10.1. The zero-order valence-corrected chi connectivity index (χ0v) is 14.8. The molecule has 1 saturated heterocycles. The number of para-hydroxylation sites is 2. The number of rotatable bonds is 2. The van der Waals surface area contributed by atoms with Crippen LogP contribution in [0.2, 0.25) is 0 Å². The van der Waals surface area contributed by atoms with Crippen molar-refractivity contribution in [2.45, 2.75) is 25.0 Å². The topological polar surface area (TPSA) is 55.4 Å². The Kier molecular flexibility index (Phi) is 3.91. The number of aromatic nitrogens is 2. The standard InChI is InChI=1S/C21H24N4O/c26-20-16-7-2-1-6-15(16)14-19(20)24-10-5-11-25(13-12-24)21-22-17-8-3-4-9-18(17)23-21/h1-4,6-9,19-20,26H,5,10-14H2,(H,22,23). The van der Waals surface area contributed by atoms with Crippen LogP contribution in [0, 0.1) is 0 Å². The summed E-state index contributed by atoms with van der Waals surface area (Å²) < 4.78 is 0. The van der Waals surface area contributed by atoms with Gasteiger partial charge in [0.1, 0.15) is 0 Å². The van der Waals surface area contributed by atoms with Crippen molar-refractivity contribution in [1.82, 2.24) is 14.9 Å². The maximum atomic E-state index is 10.8. The summed E-state index contributed by atoms with van der Waals surface area (Å²) in [4.78, 5) is 13.0. The molecule has 0 amide bonds. The van der Waals surface area contributed by atoms with Gasteiger partial charge in [-0.25, -0.2) is 4.98 Å². The molecule has 0 radical (unpaired) electrons. The molecular formula is C21H24N4O. The van der Waals surface area contributed by atoms with Crippen LogP contribution in [0.5, 0.6) is 0 Å². The molecule has 2 atom stereocenters. The lowest BCUT2D eigenvalue weighted by molar-refractivity contribution is 0.0647. The molecule has 1 fully saturated rings. The molecule has 2 aromatic carbocycles. The van der Waals surface area contributed by atoms with E-state index in [2.05, 4.69) is 39.0 Å². The highest BCUT2D eigenvalue weighted by Crippen LogP contribution is 2.34. The normalized spacial score (nSPS) is 24.0. The van der Waals surface area contributed by atoms with E-state index in [0.29, 0.717) is 0 Å². The lowest BCUT2D eigenvalue weighted by Gasteiger charge is -2.30. The van der Waals surface area contributed by atoms with E-state index in [9.17, 15) is 5.11 Å². The van der Waals surface area contributed by atoms with Crippen molar-refractivity contribution in [3.05, 3.63) is 59.7 Å². The Bertz CT molecular complexity index is 888. The van der Waals surface area contributed by atoms with Crippen LogP contribution >= 0.6 is 0 Å². The van der Waals surface area contributed by atoms with Crippen molar-refractivity contribution in [2.75, 3.05) is 31.1 Å². The number of hydrogen-bond acceptors (Lipinski definition) is 4. The van der Waals surface area contributed by atoms with Gasteiger partial charge in [-0.1, -0.05) is 36.4 Å². The van der Waals surface area contributed by atoms with Crippen LogP contribution in [0.15, 0.2) is 48.5 Å². The van der Waals surface area contributed by atoms with Gasteiger partial charge in [-0.05, 0) is 36.1 Å². The molecule has 5 heteroatoms. The van der Waals surface area contributed by atoms with Crippen molar-refractivity contribution < 1.29 is 5.11 Å². The summed E-state index contributed by atoms with van der Waals surface area (Å²) in [7, 11) is 0. The highest BCUT2D eigenvalue weighted by molar-refractivity contribution is 5.77. The summed E-state index contributed by atoms with van der Waals surface area (Å²) in [6.07, 6.45) is 1.66. The molecule has 3 aromatic rings. The van der Waals surface area contributed by atoms with Crippen LogP contribution in [-0.2, 0) is 6.42 Å². The number of nitrogens with zero attached hydrogens (tertiary/aromatic N) is 3. The SMILES string of the molecule is OC1c2ccccc2CC1N1CCCN(c2nc3ccccc3[nH]2)CC1. The van der Waals surface area contributed by atoms with Crippen LogP contribution in [0.3, 0.4) is 0 Å². The van der Waals surface area contributed by atoms with Gasteiger partial charge < -0.3 is 15.0 Å². The van der Waals surface area contributed by atoms with Crippen LogP contribution in [0.25, 0.3) is 11.0 Å². The first-order valence-corrected chi connectivity index (χ1v) is 9.49. The quantitative estimate of drug-likeness (QED) is 0.748. The van der Waals surface area contributed by atoms with Crippen molar-refractivity contribution in [3.8, 4) is 0 Å². The number of fused-ring (bicyclic) bond motifs is 2. The zero-order valence-electron chi connectivity index (χ0n) is 14.8. The molecule has 5 rings (SSSR count). The second-order valence-corrected chi connectivity index (χ2v) is 7.37. The Hall–Kier alpha value is -2.37. The van der Waals surface area contributed by atoms with E-state index in [0.717, 1.165) is 61.6 Å². The molecule has 2 aliphatic rings. The Morgan fingerprint density at radius 3 is 2.69 bits per heavy atom. The summed E-state index contributed by atoms with van der Waals surface area (Å²) in [6.45, 7) is 3.89. The fourth-order valence-electron chi connectivity index (χ4n) is 4.45. The van der Waals surface area contributed by atoms with Crippen molar-refractivity contribution in [1.29, 1.82) is 0 Å². The number of imidazole rings is 1. The number of nitrogens with one attached hydrogen (secondary N) is 1. The molecule has 2 N–H and O–H groups in total. The molecule has 0 bridgehead atoms. The molecule has 134 valence electrons. The smallest absolute Gasteiger partial charge is 0.203 e. The Labute approximate surface area is 153 Å². The number of aliphatic hydroxyl groups excluding tert-OH is 1. The molecule has 2 unspecified atom stereocenters. The first-order valence-electron chi connectivity index (χ1n) is 9.49. The third kappa shape index (κ3) is 2.68. The highest BCUT2D eigenvalue weighted by atomic mass is 16.3. The van der Waals surface area contributed by atoms with Crippen molar-refractivity contribution in [3.63, 3.8) is 0 Å². The van der Waals surface area contributed by atoms with Crippen molar-refractivity contribution in [2.24, 2.45) is 0 Å². The monoisotopic (exact) mass is 348 g/mol. The van der Waals surface area contributed by atoms with Gasteiger partial charge in [0.15, 0.2) is 0 Å². The molecule has 2 heterocycles. The van der Waals surface area contributed by atoms with Crippen LogP contribution in [0.4, 0.5) is 5.95 Å². The fraction of sp³-hybridized carbons (Fsp3) is 0.381. The van der Waals surface area contributed by atoms with Gasteiger partial charge in [0.25, 0.3) is 0 Å². The van der Waals surface area contributed by atoms with E-state index >= 15 is 0 Å². The van der Waals surface area contributed by atoms with Crippen LogP contribution < -0.4 is 4.90 Å². The fourth-order valence-corrected chi connectivity index (χ4v) is 4.45. The average Bonchev–Trinajstić information content (AvgIpc) is 3.15. The third-order valence-electron chi connectivity index (χ3n) is 5.84. The van der Waals surface area contributed by atoms with Crippen molar-refractivity contribution >= 4 is 17.0 Å². The number of aliphatic hydroxyl groups is 1. The lowest BCUT2D eigenvalue weighted by Crippen LogP contribution is -2.41. The Morgan fingerprint density at radius 2 is 1.81 bits per heavy atom. The van der Waals surface area contributed by atoms with E-state index in [1.165, 1.54) is 5.56 Å². The number of anilines is 1. The van der Waals surface area contributed by atoms with E-state index in [-0.39, 0.29) is 12.1 Å². The predicted octanol–water partition coefficient (Wildman–Crippen LogP) is 2.73. The second kappa shape index (κ2) is 6.41. The number of aromatic amines is 1. The molecule has 5 nitrogen and oxygen atoms in total. The second-order valence-electron chi connectivity index (χ2n) is 7.37. The number of benzene rings is 2. The minimum atomic E-state index is -0.371. The minimum Gasteiger partial charge on any atom is -0.387 e. The minimum absolute atomic E-state index is 0.197. The summed E-state index contributed by atoms with van der Waals surface area (Å²) >= 11 is 0. The zero-order chi connectivity index (χ0) is 17.5. The molecule has 0 saturated carbocycles. The molecular weight excluding hydrogens is 324 g/mol. The van der Waals surface area contributed by atoms with Gasteiger partial charge in [-0.3, -0.25) is 4.90 Å². The largest absolute Gasteiger partial charge is 0.387 e. The van der Waals surface area contributed by atoms with Gasteiger partial charge in [0.2, 0.25) is 5.95 Å². The van der Waals surface area contributed by atoms with Crippen LogP contribution in [0.1, 0.15) is 23.7 Å². The molecule has 26 heavy (non-hydrogen) atoms. The maximum Gasteiger partial charge on any atom is 0.203 e. The van der Waals surface area contributed by atoms with E-state index < -0.39 is 0 Å². The highest BCUT2D eigenvalue weighted by Gasteiger charge is 2.35. The van der Waals surface area contributed by atoms with E-state index in [1.54, 1.807) is 0 Å². The predicted molar refractivity (Wildman–Crippen MR) is 103 cm³/mol. The number of H-pyrrole nitrogens is 1. The summed E-state index contributed by atoms with van der Waals surface area (Å²) in [5, 5.41) is 10.8. The van der Waals surface area contributed by atoms with Crippen LogP contribution in [-0.4, -0.2) is 52.2 Å². The van der Waals surface area contributed by atoms with Gasteiger partial charge >= 0.3 is 0 Å².